The molecule has 2 N–H and O–H groups in total. The molecule has 0 aromatic rings. The van der Waals surface area contributed by atoms with E-state index in [2.05, 4.69) is 11.6 Å². The topological polar surface area (TPSA) is 69.6 Å². The van der Waals surface area contributed by atoms with E-state index in [1.165, 1.54) is 25.7 Å². The van der Waals surface area contributed by atoms with E-state index in [0.717, 1.165) is 6.54 Å². The van der Waals surface area contributed by atoms with Gasteiger partial charge in [0.15, 0.2) is 0 Å². The predicted molar refractivity (Wildman–Crippen MR) is 84.7 cm³/mol. The summed E-state index contributed by atoms with van der Waals surface area (Å²) >= 11 is 1.86. The van der Waals surface area contributed by atoms with Crippen LogP contribution in [0.4, 0.5) is 4.79 Å². The summed E-state index contributed by atoms with van der Waals surface area (Å²) in [6, 6.07) is -0.0391. The molecule has 0 radical (unpaired) electrons. The molecule has 1 saturated carbocycles. The minimum atomic E-state index is -0.755. The molecule has 0 aromatic carbocycles. The molecular formula is C15H26N2O3S. The highest BCUT2D eigenvalue weighted by atomic mass is 32.2. The Labute approximate surface area is 130 Å². The number of urea groups is 1. The van der Waals surface area contributed by atoms with Crippen LogP contribution >= 0.6 is 11.8 Å². The number of nitrogens with zero attached hydrogens (tertiary/aromatic N) is 1. The molecule has 1 aliphatic heterocycles. The van der Waals surface area contributed by atoms with Crippen molar-refractivity contribution in [3.05, 3.63) is 0 Å². The average Bonchev–Trinajstić information content (AvgIpc) is 2.95. The Morgan fingerprint density at radius 2 is 1.76 bits per heavy atom. The van der Waals surface area contributed by atoms with Crippen molar-refractivity contribution in [3.8, 4) is 0 Å². The van der Waals surface area contributed by atoms with Crippen LogP contribution in [0.2, 0.25) is 0 Å². The van der Waals surface area contributed by atoms with Gasteiger partial charge < -0.3 is 15.3 Å². The number of likely N-dealkylation sites (tertiary alicyclic amines) is 1. The maximum atomic E-state index is 12.3. The number of carbonyl (C=O) groups excluding carboxylic acids is 1. The molecular weight excluding hydrogens is 288 g/mol. The van der Waals surface area contributed by atoms with E-state index in [0.29, 0.717) is 25.9 Å². The highest BCUT2D eigenvalue weighted by molar-refractivity contribution is 8.00. The van der Waals surface area contributed by atoms with Gasteiger partial charge in [-0.15, -0.1) is 0 Å². The van der Waals surface area contributed by atoms with Crippen molar-refractivity contribution in [3.63, 3.8) is 0 Å². The zero-order chi connectivity index (χ0) is 15.5. The lowest BCUT2D eigenvalue weighted by Crippen LogP contribution is -2.50. The first-order valence-electron chi connectivity index (χ1n) is 7.72. The number of carboxylic acid groups (broad SMARTS) is 1. The van der Waals surface area contributed by atoms with Gasteiger partial charge in [-0.25, -0.2) is 4.79 Å². The predicted octanol–water partition coefficient (Wildman–Crippen LogP) is 2.56. The smallest absolute Gasteiger partial charge is 0.317 e. The van der Waals surface area contributed by atoms with Crippen molar-refractivity contribution in [1.29, 1.82) is 0 Å². The van der Waals surface area contributed by atoms with Gasteiger partial charge in [0.2, 0.25) is 0 Å². The molecule has 0 unspecified atom stereocenters. The quantitative estimate of drug-likeness (QED) is 0.837. The van der Waals surface area contributed by atoms with E-state index in [1.54, 1.807) is 11.8 Å². The molecule has 1 saturated heterocycles. The summed E-state index contributed by atoms with van der Waals surface area (Å²) in [7, 11) is 0. The second-order valence-corrected chi connectivity index (χ2v) is 7.88. The molecule has 21 heavy (non-hydrogen) atoms. The Bertz CT molecular complexity index is 400. The van der Waals surface area contributed by atoms with E-state index >= 15 is 0 Å². The van der Waals surface area contributed by atoms with Crippen LogP contribution in [0.15, 0.2) is 0 Å². The van der Waals surface area contributed by atoms with Crippen molar-refractivity contribution in [2.45, 2.75) is 50.2 Å². The summed E-state index contributed by atoms with van der Waals surface area (Å²) in [6.45, 7) is 3.55. The number of amides is 2. The first-order chi connectivity index (χ1) is 9.91. The fraction of sp³-hybridized carbons (Fsp3) is 0.867. The van der Waals surface area contributed by atoms with Gasteiger partial charge in [-0.3, -0.25) is 4.79 Å². The molecule has 120 valence electrons. The van der Waals surface area contributed by atoms with Crippen LogP contribution in [-0.4, -0.2) is 52.6 Å². The first kappa shape index (κ1) is 16.5. The molecule has 0 atom stereocenters. The maximum absolute atomic E-state index is 12.3. The largest absolute Gasteiger partial charge is 0.481 e. The lowest BCUT2D eigenvalue weighted by molar-refractivity contribution is -0.150. The highest BCUT2D eigenvalue weighted by Gasteiger charge is 2.39. The lowest BCUT2D eigenvalue weighted by atomic mass is 9.80. The minimum Gasteiger partial charge on any atom is -0.481 e. The number of carboxylic acids is 1. The number of aliphatic carboxylic acids is 1. The van der Waals surface area contributed by atoms with Gasteiger partial charge in [0.25, 0.3) is 0 Å². The van der Waals surface area contributed by atoms with Gasteiger partial charge in [-0.2, -0.15) is 11.8 Å². The number of thioether (sulfide) groups is 1. The minimum absolute atomic E-state index is 0.0391. The number of rotatable bonds is 4. The van der Waals surface area contributed by atoms with Gasteiger partial charge in [-0.1, -0.05) is 12.8 Å². The summed E-state index contributed by atoms with van der Waals surface area (Å²) < 4.78 is 0.209. The van der Waals surface area contributed by atoms with Gasteiger partial charge in [-0.05, 0) is 38.9 Å². The molecule has 5 nitrogen and oxygen atoms in total. The third kappa shape index (κ3) is 3.65. The van der Waals surface area contributed by atoms with Crippen LogP contribution in [0.1, 0.15) is 45.4 Å². The Hall–Kier alpha value is -0.910. The maximum Gasteiger partial charge on any atom is 0.317 e. The molecule has 1 aliphatic carbocycles. The van der Waals surface area contributed by atoms with Crippen LogP contribution < -0.4 is 5.32 Å². The fourth-order valence-electron chi connectivity index (χ4n) is 3.24. The molecule has 2 amide bonds. The molecule has 0 spiro atoms. The summed E-state index contributed by atoms with van der Waals surface area (Å²) in [5.74, 6) is -0.755. The standard InChI is InChI=1S/C15H26N2O3S/c1-14(12(18)19)7-9-17(10-8-14)13(20)16-11-15(21-2)5-3-4-6-15/h3-11H2,1-2H3,(H,16,20)(H,18,19). The number of carbonyl (C=O) groups is 2. The zero-order valence-electron chi connectivity index (χ0n) is 13.0. The summed E-state index contributed by atoms with van der Waals surface area (Å²) in [4.78, 5) is 25.2. The normalized spacial score (nSPS) is 23.8. The number of hydrogen-bond acceptors (Lipinski definition) is 3. The van der Waals surface area contributed by atoms with Crippen molar-refractivity contribution in [2.75, 3.05) is 25.9 Å². The van der Waals surface area contributed by atoms with Crippen LogP contribution in [0, 0.1) is 5.41 Å². The Kier molecular flexibility index (Phi) is 5.07. The SMILES string of the molecule is CSC1(CNC(=O)N2CCC(C)(C(=O)O)CC2)CCCC1. The first-order valence-corrected chi connectivity index (χ1v) is 8.95. The molecule has 2 aliphatic rings. The van der Waals surface area contributed by atoms with Crippen LogP contribution in [0.25, 0.3) is 0 Å². The average molecular weight is 314 g/mol. The highest BCUT2D eigenvalue weighted by Crippen LogP contribution is 2.39. The molecule has 2 rings (SSSR count). The molecule has 1 heterocycles. The van der Waals surface area contributed by atoms with Gasteiger partial charge in [0, 0.05) is 24.4 Å². The van der Waals surface area contributed by atoms with Crippen LogP contribution in [-0.2, 0) is 4.79 Å². The van der Waals surface area contributed by atoms with Crippen molar-refractivity contribution in [1.82, 2.24) is 10.2 Å². The molecule has 6 heteroatoms. The number of nitrogens with one attached hydrogen (secondary N) is 1. The lowest BCUT2D eigenvalue weighted by Gasteiger charge is -2.37. The van der Waals surface area contributed by atoms with Crippen molar-refractivity contribution >= 4 is 23.8 Å². The van der Waals surface area contributed by atoms with E-state index in [4.69, 9.17) is 0 Å². The van der Waals surface area contributed by atoms with Gasteiger partial charge >= 0.3 is 12.0 Å². The summed E-state index contributed by atoms with van der Waals surface area (Å²) in [5, 5.41) is 12.3. The van der Waals surface area contributed by atoms with Crippen LogP contribution in [0.5, 0.6) is 0 Å². The van der Waals surface area contributed by atoms with E-state index in [1.807, 2.05) is 11.8 Å². The van der Waals surface area contributed by atoms with Crippen molar-refractivity contribution < 1.29 is 14.7 Å². The summed E-state index contributed by atoms with van der Waals surface area (Å²) in [6.07, 6.45) is 8.02. The second kappa shape index (κ2) is 6.46. The van der Waals surface area contributed by atoms with Gasteiger partial charge in [0.1, 0.15) is 0 Å². The molecule has 0 bridgehead atoms. The Morgan fingerprint density at radius 1 is 1.19 bits per heavy atom. The van der Waals surface area contributed by atoms with E-state index in [-0.39, 0.29) is 10.8 Å². The van der Waals surface area contributed by atoms with Gasteiger partial charge in [0.05, 0.1) is 5.41 Å². The number of piperidine rings is 1. The Balaban J connectivity index is 1.81. The monoisotopic (exact) mass is 314 g/mol. The van der Waals surface area contributed by atoms with E-state index in [9.17, 15) is 14.7 Å². The zero-order valence-corrected chi connectivity index (χ0v) is 13.8. The number of hydrogen-bond donors (Lipinski definition) is 2. The van der Waals surface area contributed by atoms with Crippen molar-refractivity contribution in [2.24, 2.45) is 5.41 Å². The Morgan fingerprint density at radius 3 is 2.24 bits per heavy atom. The molecule has 0 aromatic heterocycles. The van der Waals surface area contributed by atoms with Crippen LogP contribution in [0.3, 0.4) is 0 Å². The fourth-order valence-corrected chi connectivity index (χ4v) is 4.15. The summed E-state index contributed by atoms with van der Waals surface area (Å²) in [5.41, 5.74) is -0.678. The van der Waals surface area contributed by atoms with E-state index < -0.39 is 11.4 Å². The third-order valence-electron chi connectivity index (χ3n) is 5.18. The second-order valence-electron chi connectivity index (χ2n) is 6.61. The third-order valence-corrected chi connectivity index (χ3v) is 6.60. The molecule has 2 fully saturated rings.